The monoisotopic (exact) mass is 235 g/mol. The van der Waals surface area contributed by atoms with E-state index in [0.717, 1.165) is 19.3 Å². The minimum absolute atomic E-state index is 0.306. The van der Waals surface area contributed by atoms with Gasteiger partial charge in [-0.05, 0) is 32.1 Å². The summed E-state index contributed by atoms with van der Waals surface area (Å²) >= 11 is 0. The summed E-state index contributed by atoms with van der Waals surface area (Å²) in [4.78, 5) is 10.8. The highest BCUT2D eigenvalue weighted by atomic mass is 19.4. The number of carbonyl (C=O) groups is 1. The SMILES string of the molecule is O=C(CC(F)(F)F)NCCC1=CCCCC1. The summed E-state index contributed by atoms with van der Waals surface area (Å²) in [5, 5.41) is 2.29. The molecule has 0 atom stereocenters. The van der Waals surface area contributed by atoms with Gasteiger partial charge in [0.05, 0.1) is 0 Å². The second kappa shape index (κ2) is 5.92. The normalized spacial score (nSPS) is 16.8. The first-order valence-corrected chi connectivity index (χ1v) is 5.49. The summed E-state index contributed by atoms with van der Waals surface area (Å²) in [6, 6.07) is 0. The van der Waals surface area contributed by atoms with Crippen LogP contribution in [0.5, 0.6) is 0 Å². The molecule has 0 heterocycles. The Morgan fingerprint density at radius 2 is 2.12 bits per heavy atom. The Balaban J connectivity index is 2.15. The average Bonchev–Trinajstić information content (AvgIpc) is 2.16. The van der Waals surface area contributed by atoms with E-state index in [0.29, 0.717) is 13.0 Å². The van der Waals surface area contributed by atoms with Gasteiger partial charge in [0.1, 0.15) is 6.42 Å². The number of nitrogens with one attached hydrogen (secondary N) is 1. The van der Waals surface area contributed by atoms with E-state index in [9.17, 15) is 18.0 Å². The molecule has 0 aromatic carbocycles. The Bertz CT molecular complexity index is 271. The molecule has 2 nitrogen and oxygen atoms in total. The van der Waals surface area contributed by atoms with Crippen molar-refractivity contribution in [2.45, 2.75) is 44.7 Å². The van der Waals surface area contributed by atoms with E-state index in [1.165, 1.54) is 12.0 Å². The highest BCUT2D eigenvalue weighted by Crippen LogP contribution is 2.20. The van der Waals surface area contributed by atoms with E-state index in [2.05, 4.69) is 11.4 Å². The molecule has 0 aromatic rings. The summed E-state index contributed by atoms with van der Waals surface area (Å²) in [5.74, 6) is -0.941. The molecule has 1 rings (SSSR count). The molecule has 1 aliphatic carbocycles. The molecule has 0 aromatic heterocycles. The Labute approximate surface area is 92.9 Å². The van der Waals surface area contributed by atoms with Crippen LogP contribution in [-0.4, -0.2) is 18.6 Å². The lowest BCUT2D eigenvalue weighted by Crippen LogP contribution is -2.29. The van der Waals surface area contributed by atoms with E-state index in [4.69, 9.17) is 0 Å². The molecule has 0 bridgehead atoms. The van der Waals surface area contributed by atoms with Crippen molar-refractivity contribution in [1.82, 2.24) is 5.32 Å². The lowest BCUT2D eigenvalue weighted by molar-refractivity contribution is -0.153. The van der Waals surface area contributed by atoms with E-state index < -0.39 is 18.5 Å². The summed E-state index contributed by atoms with van der Waals surface area (Å²) in [6.45, 7) is 0.306. The van der Waals surface area contributed by atoms with Crippen molar-refractivity contribution in [2.24, 2.45) is 0 Å². The number of hydrogen-bond acceptors (Lipinski definition) is 1. The van der Waals surface area contributed by atoms with Gasteiger partial charge in [-0.2, -0.15) is 13.2 Å². The standard InChI is InChI=1S/C11H16F3NO/c12-11(13,14)8-10(16)15-7-6-9-4-2-1-3-5-9/h4H,1-3,5-8H2,(H,15,16). The number of carbonyl (C=O) groups excluding carboxylic acids is 1. The quantitative estimate of drug-likeness (QED) is 0.746. The van der Waals surface area contributed by atoms with Gasteiger partial charge in [0, 0.05) is 6.54 Å². The molecule has 0 saturated heterocycles. The Kier molecular flexibility index (Phi) is 4.83. The van der Waals surface area contributed by atoms with Crippen molar-refractivity contribution < 1.29 is 18.0 Å². The Hall–Kier alpha value is -1.00. The van der Waals surface area contributed by atoms with Crippen molar-refractivity contribution in [3.63, 3.8) is 0 Å². The molecule has 0 spiro atoms. The number of amides is 1. The smallest absolute Gasteiger partial charge is 0.355 e. The van der Waals surface area contributed by atoms with Gasteiger partial charge in [-0.25, -0.2) is 0 Å². The minimum Gasteiger partial charge on any atom is -0.355 e. The third-order valence-electron chi connectivity index (χ3n) is 2.51. The van der Waals surface area contributed by atoms with Crippen LogP contribution in [0, 0.1) is 0 Å². The largest absolute Gasteiger partial charge is 0.397 e. The molecule has 5 heteroatoms. The molecular formula is C11H16F3NO. The van der Waals surface area contributed by atoms with Crippen molar-refractivity contribution in [2.75, 3.05) is 6.54 Å². The Morgan fingerprint density at radius 1 is 1.38 bits per heavy atom. The number of halogens is 3. The zero-order chi connectivity index (χ0) is 12.0. The van der Waals surface area contributed by atoms with Gasteiger partial charge in [-0.3, -0.25) is 4.79 Å². The van der Waals surface area contributed by atoms with Crippen LogP contribution in [0.4, 0.5) is 13.2 Å². The van der Waals surface area contributed by atoms with Crippen LogP contribution in [-0.2, 0) is 4.79 Å². The van der Waals surface area contributed by atoms with Crippen LogP contribution >= 0.6 is 0 Å². The maximum absolute atomic E-state index is 11.8. The second-order valence-electron chi connectivity index (χ2n) is 4.00. The van der Waals surface area contributed by atoms with Crippen molar-refractivity contribution in [3.05, 3.63) is 11.6 Å². The molecule has 0 saturated carbocycles. The lowest BCUT2D eigenvalue weighted by atomic mass is 9.97. The van der Waals surface area contributed by atoms with Crippen molar-refractivity contribution >= 4 is 5.91 Å². The van der Waals surface area contributed by atoms with Crippen LogP contribution < -0.4 is 5.32 Å². The topological polar surface area (TPSA) is 29.1 Å². The first kappa shape index (κ1) is 13.1. The van der Waals surface area contributed by atoms with Gasteiger partial charge in [0.2, 0.25) is 5.91 Å². The molecule has 0 fully saturated rings. The average molecular weight is 235 g/mol. The van der Waals surface area contributed by atoms with E-state index >= 15 is 0 Å². The van der Waals surface area contributed by atoms with Crippen molar-refractivity contribution in [1.29, 1.82) is 0 Å². The predicted octanol–water partition coefficient (Wildman–Crippen LogP) is 2.95. The van der Waals surface area contributed by atoms with Gasteiger partial charge in [0.15, 0.2) is 0 Å². The first-order valence-electron chi connectivity index (χ1n) is 5.49. The van der Waals surface area contributed by atoms with E-state index in [1.54, 1.807) is 0 Å². The van der Waals surface area contributed by atoms with Gasteiger partial charge >= 0.3 is 6.18 Å². The van der Waals surface area contributed by atoms with Gasteiger partial charge in [0.25, 0.3) is 0 Å². The number of alkyl halides is 3. The molecular weight excluding hydrogens is 219 g/mol. The summed E-state index contributed by atoms with van der Waals surface area (Å²) in [5.41, 5.74) is 1.25. The van der Waals surface area contributed by atoms with Crippen LogP contribution in [0.25, 0.3) is 0 Å². The summed E-state index contributed by atoms with van der Waals surface area (Å²) < 4.78 is 35.4. The molecule has 0 unspecified atom stereocenters. The van der Waals surface area contributed by atoms with Crippen LogP contribution in [0.15, 0.2) is 11.6 Å². The fourth-order valence-corrected chi connectivity index (χ4v) is 1.74. The van der Waals surface area contributed by atoms with Crippen molar-refractivity contribution in [3.8, 4) is 0 Å². The van der Waals surface area contributed by atoms with Gasteiger partial charge in [-0.15, -0.1) is 0 Å². The highest BCUT2D eigenvalue weighted by molar-refractivity contribution is 5.76. The summed E-state index contributed by atoms with van der Waals surface area (Å²) in [6.07, 6.45) is 1.39. The number of hydrogen-bond donors (Lipinski definition) is 1. The van der Waals surface area contributed by atoms with Gasteiger partial charge < -0.3 is 5.32 Å². The third kappa shape index (κ3) is 5.78. The fraction of sp³-hybridized carbons (Fsp3) is 0.727. The Morgan fingerprint density at radius 3 is 2.69 bits per heavy atom. The molecule has 92 valence electrons. The molecule has 16 heavy (non-hydrogen) atoms. The molecule has 1 N–H and O–H groups in total. The predicted molar refractivity (Wildman–Crippen MR) is 54.8 cm³/mol. The van der Waals surface area contributed by atoms with E-state index in [1.807, 2.05) is 0 Å². The molecule has 1 aliphatic rings. The van der Waals surface area contributed by atoms with E-state index in [-0.39, 0.29) is 0 Å². The molecule has 0 aliphatic heterocycles. The van der Waals surface area contributed by atoms with Crippen LogP contribution in [0.3, 0.4) is 0 Å². The maximum atomic E-state index is 11.8. The fourth-order valence-electron chi connectivity index (χ4n) is 1.74. The minimum atomic E-state index is -4.41. The maximum Gasteiger partial charge on any atom is 0.397 e. The second-order valence-corrected chi connectivity index (χ2v) is 4.00. The third-order valence-corrected chi connectivity index (χ3v) is 2.51. The zero-order valence-corrected chi connectivity index (χ0v) is 9.07. The highest BCUT2D eigenvalue weighted by Gasteiger charge is 2.30. The van der Waals surface area contributed by atoms with Gasteiger partial charge in [-0.1, -0.05) is 11.6 Å². The van der Waals surface area contributed by atoms with Crippen LogP contribution in [0.2, 0.25) is 0 Å². The number of allylic oxidation sites excluding steroid dienone is 1. The first-order chi connectivity index (χ1) is 7.47. The number of rotatable bonds is 4. The van der Waals surface area contributed by atoms with Crippen LogP contribution in [0.1, 0.15) is 38.5 Å². The zero-order valence-electron chi connectivity index (χ0n) is 9.07. The molecule has 0 radical (unpaired) electrons. The lowest BCUT2D eigenvalue weighted by Gasteiger charge is -2.13. The summed E-state index contributed by atoms with van der Waals surface area (Å²) in [7, 11) is 0. The molecule has 1 amide bonds.